The number of aromatic nitrogens is 4. The second-order valence-corrected chi connectivity index (χ2v) is 9.54. The van der Waals surface area contributed by atoms with Gasteiger partial charge in [-0.15, -0.1) is 10.2 Å². The van der Waals surface area contributed by atoms with Crippen LogP contribution in [0.2, 0.25) is 0 Å². The summed E-state index contributed by atoms with van der Waals surface area (Å²) in [5.41, 5.74) is 2.74. The fourth-order valence-electron chi connectivity index (χ4n) is 4.96. The Morgan fingerprint density at radius 1 is 1.12 bits per heavy atom. The van der Waals surface area contributed by atoms with Crippen LogP contribution in [0.25, 0.3) is 11.5 Å². The summed E-state index contributed by atoms with van der Waals surface area (Å²) in [6.07, 6.45) is 4.11. The van der Waals surface area contributed by atoms with Crippen molar-refractivity contribution in [2.24, 2.45) is 13.0 Å². The minimum absolute atomic E-state index is 0.525. The van der Waals surface area contributed by atoms with Gasteiger partial charge in [0, 0.05) is 44.7 Å². The highest BCUT2D eigenvalue weighted by Gasteiger charge is 2.41. The maximum absolute atomic E-state index is 9.49. The highest BCUT2D eigenvalue weighted by atomic mass is 32.2. The molecule has 8 heteroatoms. The minimum Gasteiger partial charge on any atom is -0.366 e. The first-order chi connectivity index (χ1) is 15.7. The van der Waals surface area contributed by atoms with Crippen molar-refractivity contribution in [2.45, 2.75) is 24.0 Å². The standard InChI is InChI=1S/C24H27N7S/c1-29-23(20-8-4-5-11-26-20)27-28-24(29)32-14-6-12-30-16-19-10-13-31(22(19)17-30)21-9-3-2-7-18(21)15-25/h2-5,7-9,11,19,22H,6,10,12-14,16-17H2,1H3. The molecule has 0 spiro atoms. The van der Waals surface area contributed by atoms with Crippen molar-refractivity contribution < 1.29 is 0 Å². The molecular weight excluding hydrogens is 418 g/mol. The molecule has 7 nitrogen and oxygen atoms in total. The summed E-state index contributed by atoms with van der Waals surface area (Å²) in [7, 11) is 2.00. The molecule has 164 valence electrons. The van der Waals surface area contributed by atoms with E-state index in [-0.39, 0.29) is 0 Å². The third-order valence-corrected chi connectivity index (χ3v) is 7.64. The third kappa shape index (κ3) is 4.10. The monoisotopic (exact) mass is 445 g/mol. The van der Waals surface area contributed by atoms with E-state index in [1.807, 2.05) is 48.0 Å². The van der Waals surface area contributed by atoms with Gasteiger partial charge in [-0.05, 0) is 49.6 Å². The molecule has 2 aliphatic heterocycles. The van der Waals surface area contributed by atoms with Gasteiger partial charge in [-0.3, -0.25) is 4.98 Å². The molecule has 2 aliphatic rings. The summed E-state index contributed by atoms with van der Waals surface area (Å²) < 4.78 is 2.03. The summed E-state index contributed by atoms with van der Waals surface area (Å²) in [5, 5.41) is 19.1. The van der Waals surface area contributed by atoms with E-state index in [0.29, 0.717) is 12.0 Å². The Bertz CT molecular complexity index is 1110. The molecule has 0 saturated carbocycles. The van der Waals surface area contributed by atoms with Crippen molar-refractivity contribution >= 4 is 17.4 Å². The Balaban J connectivity index is 1.13. The van der Waals surface area contributed by atoms with E-state index in [2.05, 4.69) is 37.1 Å². The molecule has 0 aliphatic carbocycles. The van der Waals surface area contributed by atoms with Crippen LogP contribution in [0.1, 0.15) is 18.4 Å². The summed E-state index contributed by atoms with van der Waals surface area (Å²) in [6, 6.07) is 16.7. The van der Waals surface area contributed by atoms with Gasteiger partial charge in [-0.25, -0.2) is 0 Å². The maximum Gasteiger partial charge on any atom is 0.191 e. The van der Waals surface area contributed by atoms with Crippen LogP contribution in [0.5, 0.6) is 0 Å². The van der Waals surface area contributed by atoms with Crippen LogP contribution in [0.3, 0.4) is 0 Å². The van der Waals surface area contributed by atoms with E-state index in [1.165, 1.54) is 6.42 Å². The van der Waals surface area contributed by atoms with Gasteiger partial charge in [-0.1, -0.05) is 30.0 Å². The van der Waals surface area contributed by atoms with Crippen LogP contribution < -0.4 is 4.90 Å². The van der Waals surface area contributed by atoms with Crippen LogP contribution in [0.15, 0.2) is 53.8 Å². The number of hydrogen-bond acceptors (Lipinski definition) is 7. The normalized spacial score (nSPS) is 20.4. The first kappa shape index (κ1) is 21.0. The van der Waals surface area contributed by atoms with E-state index in [9.17, 15) is 5.26 Å². The second kappa shape index (κ2) is 9.31. The fourth-order valence-corrected chi connectivity index (χ4v) is 5.79. The third-order valence-electron chi connectivity index (χ3n) is 6.54. The molecule has 0 amide bonds. The molecule has 0 radical (unpaired) electrons. The van der Waals surface area contributed by atoms with Gasteiger partial charge in [0.2, 0.25) is 0 Å². The van der Waals surface area contributed by atoms with E-state index < -0.39 is 0 Å². The van der Waals surface area contributed by atoms with Crippen LogP contribution in [-0.2, 0) is 7.05 Å². The lowest BCUT2D eigenvalue weighted by Gasteiger charge is -2.27. The molecule has 2 fully saturated rings. The van der Waals surface area contributed by atoms with Crippen LogP contribution >= 0.6 is 11.8 Å². The number of thioether (sulfide) groups is 1. The summed E-state index contributed by atoms with van der Waals surface area (Å²) in [5.74, 6) is 2.52. The first-order valence-corrected chi connectivity index (χ1v) is 12.1. The minimum atomic E-state index is 0.525. The lowest BCUT2D eigenvalue weighted by Crippen LogP contribution is -2.36. The Kier molecular flexibility index (Phi) is 6.10. The summed E-state index contributed by atoms with van der Waals surface area (Å²) >= 11 is 1.76. The number of fused-ring (bicyclic) bond motifs is 1. The molecule has 2 aromatic heterocycles. The number of pyridine rings is 1. The van der Waals surface area contributed by atoms with Gasteiger partial charge >= 0.3 is 0 Å². The van der Waals surface area contributed by atoms with Gasteiger partial charge < -0.3 is 14.4 Å². The quantitative estimate of drug-likeness (QED) is 0.407. The summed E-state index contributed by atoms with van der Waals surface area (Å²) in [4.78, 5) is 9.44. The Labute approximate surface area is 193 Å². The number of likely N-dealkylation sites (tertiary alicyclic amines) is 1. The average molecular weight is 446 g/mol. The predicted molar refractivity (Wildman–Crippen MR) is 126 cm³/mol. The Hall–Kier alpha value is -2.89. The number of nitrogens with zero attached hydrogens (tertiary/aromatic N) is 7. The van der Waals surface area contributed by atoms with Crippen molar-refractivity contribution in [3.8, 4) is 17.6 Å². The Morgan fingerprint density at radius 3 is 2.84 bits per heavy atom. The first-order valence-electron chi connectivity index (χ1n) is 11.2. The van der Waals surface area contributed by atoms with Gasteiger partial charge in [0.05, 0.1) is 11.3 Å². The van der Waals surface area contributed by atoms with Crippen LogP contribution in [-0.4, -0.2) is 62.6 Å². The lowest BCUT2D eigenvalue weighted by molar-refractivity contribution is 0.319. The highest BCUT2D eigenvalue weighted by Crippen LogP contribution is 2.36. The predicted octanol–water partition coefficient (Wildman–Crippen LogP) is 3.44. The molecule has 3 aromatic rings. The van der Waals surface area contributed by atoms with Crippen molar-refractivity contribution in [1.82, 2.24) is 24.6 Å². The zero-order valence-corrected chi connectivity index (χ0v) is 19.1. The molecule has 2 saturated heterocycles. The molecular formula is C24H27N7S. The zero-order chi connectivity index (χ0) is 21.9. The molecule has 2 atom stereocenters. The number of rotatable bonds is 7. The SMILES string of the molecule is Cn1c(SCCCN2CC3CCN(c4ccccc4C#N)C3C2)nnc1-c1ccccn1. The number of anilines is 1. The molecule has 32 heavy (non-hydrogen) atoms. The van der Waals surface area contributed by atoms with Gasteiger partial charge in [0.15, 0.2) is 11.0 Å². The topological polar surface area (TPSA) is 73.9 Å². The van der Waals surface area contributed by atoms with Gasteiger partial charge in [0.1, 0.15) is 11.8 Å². The molecule has 5 rings (SSSR count). The summed E-state index contributed by atoms with van der Waals surface area (Å²) in [6.45, 7) is 4.40. The number of benzene rings is 1. The Morgan fingerprint density at radius 2 is 2.00 bits per heavy atom. The smallest absolute Gasteiger partial charge is 0.191 e. The van der Waals surface area contributed by atoms with E-state index in [4.69, 9.17) is 0 Å². The molecule has 4 heterocycles. The second-order valence-electron chi connectivity index (χ2n) is 8.48. The molecule has 0 N–H and O–H groups in total. The van der Waals surface area contributed by atoms with Crippen molar-refractivity contribution in [1.29, 1.82) is 5.26 Å². The average Bonchev–Trinajstić information content (AvgIpc) is 3.52. The van der Waals surface area contributed by atoms with Crippen LogP contribution in [0, 0.1) is 17.2 Å². The van der Waals surface area contributed by atoms with Crippen LogP contribution in [0.4, 0.5) is 5.69 Å². The molecule has 1 aromatic carbocycles. The maximum atomic E-state index is 9.49. The van der Waals surface area contributed by atoms with E-state index in [1.54, 1.807) is 18.0 Å². The largest absolute Gasteiger partial charge is 0.366 e. The highest BCUT2D eigenvalue weighted by molar-refractivity contribution is 7.99. The van der Waals surface area contributed by atoms with Crippen molar-refractivity contribution in [3.63, 3.8) is 0 Å². The van der Waals surface area contributed by atoms with Crippen molar-refractivity contribution in [2.75, 3.05) is 36.8 Å². The van der Waals surface area contributed by atoms with Gasteiger partial charge in [-0.2, -0.15) is 5.26 Å². The molecule has 0 bridgehead atoms. The number of hydrogen-bond donors (Lipinski definition) is 0. The number of nitriles is 1. The molecule has 2 unspecified atom stereocenters. The van der Waals surface area contributed by atoms with Gasteiger partial charge in [0.25, 0.3) is 0 Å². The fraction of sp³-hybridized carbons (Fsp3) is 0.417. The lowest BCUT2D eigenvalue weighted by atomic mass is 10.0. The van der Waals surface area contributed by atoms with E-state index in [0.717, 1.165) is 66.3 Å². The zero-order valence-electron chi connectivity index (χ0n) is 18.3. The van der Waals surface area contributed by atoms with Crippen molar-refractivity contribution in [3.05, 3.63) is 54.2 Å². The number of para-hydroxylation sites is 1. The van der Waals surface area contributed by atoms with E-state index >= 15 is 0 Å².